The molecule has 1 atom stereocenters. The number of ketones is 1. The van der Waals surface area contributed by atoms with Gasteiger partial charge in [-0.3, -0.25) is 4.79 Å². The molecule has 17 heavy (non-hydrogen) atoms. The normalized spacial score (nSPS) is 13.4. The van der Waals surface area contributed by atoms with Gasteiger partial charge in [0.2, 0.25) is 10.0 Å². The predicted octanol–water partition coefficient (Wildman–Crippen LogP) is 1.97. The number of nitrogens with one attached hydrogen (secondary N) is 1. The van der Waals surface area contributed by atoms with Gasteiger partial charge in [-0.2, -0.15) is 0 Å². The number of Topliss-reactive ketones (excluding diaryl/α,β-unsaturated/α-hetero) is 1. The van der Waals surface area contributed by atoms with Gasteiger partial charge in [0.25, 0.3) is 0 Å². The minimum Gasteiger partial charge on any atom is -0.295 e. The lowest BCUT2D eigenvalue weighted by Gasteiger charge is -2.12. The zero-order valence-electron chi connectivity index (χ0n) is 10.2. The fraction of sp³-hybridized carbons (Fsp3) is 0.417. The molecule has 0 radical (unpaired) electrons. The predicted molar refractivity (Wildman–Crippen MR) is 66.5 cm³/mol. The molecular formula is C12H17NO3S. The minimum atomic E-state index is -3.53. The summed E-state index contributed by atoms with van der Waals surface area (Å²) in [4.78, 5) is 11.3. The number of sulfonamides is 1. The Hall–Kier alpha value is -1.20. The van der Waals surface area contributed by atoms with E-state index >= 15 is 0 Å². The van der Waals surface area contributed by atoms with Gasteiger partial charge in [-0.05, 0) is 32.4 Å². The summed E-state index contributed by atoms with van der Waals surface area (Å²) in [7, 11) is -3.53. The smallest absolute Gasteiger partial charge is 0.240 e. The number of hydrogen-bond donors (Lipinski definition) is 1. The molecule has 0 saturated heterocycles. The van der Waals surface area contributed by atoms with Gasteiger partial charge in [0.05, 0.1) is 4.90 Å². The van der Waals surface area contributed by atoms with Crippen molar-refractivity contribution in [1.82, 2.24) is 4.72 Å². The molecule has 0 aliphatic rings. The fourth-order valence-electron chi connectivity index (χ4n) is 1.30. The Morgan fingerprint density at radius 3 is 2.59 bits per heavy atom. The molecule has 1 N–H and O–H groups in total. The van der Waals surface area contributed by atoms with Crippen molar-refractivity contribution in [3.05, 3.63) is 29.8 Å². The van der Waals surface area contributed by atoms with E-state index < -0.39 is 10.0 Å². The summed E-state index contributed by atoms with van der Waals surface area (Å²) in [6.45, 7) is 5.11. The molecule has 0 aromatic heterocycles. The topological polar surface area (TPSA) is 63.2 Å². The number of hydrogen-bond acceptors (Lipinski definition) is 3. The van der Waals surface area contributed by atoms with Crippen molar-refractivity contribution >= 4 is 15.8 Å². The van der Waals surface area contributed by atoms with Crippen molar-refractivity contribution in [2.45, 2.75) is 38.1 Å². The molecule has 5 heteroatoms. The zero-order valence-corrected chi connectivity index (χ0v) is 11.0. The Balaban J connectivity index is 3.07. The minimum absolute atomic E-state index is 0.124. The van der Waals surface area contributed by atoms with E-state index in [9.17, 15) is 13.2 Å². The number of carbonyl (C=O) groups is 1. The first kappa shape index (κ1) is 13.9. The van der Waals surface area contributed by atoms with E-state index in [2.05, 4.69) is 4.72 Å². The second-order valence-corrected chi connectivity index (χ2v) is 5.73. The first-order valence-electron chi connectivity index (χ1n) is 5.50. The lowest BCUT2D eigenvalue weighted by atomic mass is 10.2. The van der Waals surface area contributed by atoms with Gasteiger partial charge in [-0.15, -0.1) is 0 Å². The van der Waals surface area contributed by atoms with Gasteiger partial charge in [0.15, 0.2) is 5.78 Å². The lowest BCUT2D eigenvalue weighted by Crippen LogP contribution is -2.32. The zero-order chi connectivity index (χ0) is 13.1. The third kappa shape index (κ3) is 3.64. The molecular weight excluding hydrogens is 238 g/mol. The highest BCUT2D eigenvalue weighted by atomic mass is 32.2. The molecule has 0 saturated carbocycles. The van der Waals surface area contributed by atoms with Crippen LogP contribution in [0.25, 0.3) is 0 Å². The van der Waals surface area contributed by atoms with Crippen LogP contribution >= 0.6 is 0 Å². The molecule has 0 aliphatic carbocycles. The first-order chi connectivity index (χ1) is 7.86. The largest absolute Gasteiger partial charge is 0.295 e. The third-order valence-electron chi connectivity index (χ3n) is 2.52. The third-order valence-corrected chi connectivity index (χ3v) is 4.11. The van der Waals surface area contributed by atoms with E-state index in [1.54, 1.807) is 19.1 Å². The van der Waals surface area contributed by atoms with E-state index in [-0.39, 0.29) is 16.7 Å². The Kier molecular flexibility index (Phi) is 4.42. The Bertz CT molecular complexity index is 508. The van der Waals surface area contributed by atoms with Gasteiger partial charge in [-0.25, -0.2) is 13.1 Å². The van der Waals surface area contributed by atoms with Crippen LogP contribution in [0.3, 0.4) is 0 Å². The summed E-state index contributed by atoms with van der Waals surface area (Å²) < 4.78 is 26.5. The van der Waals surface area contributed by atoms with Crippen molar-refractivity contribution in [2.75, 3.05) is 0 Å². The van der Waals surface area contributed by atoms with Crippen LogP contribution in [-0.2, 0) is 10.0 Å². The Labute approximate surface area is 102 Å². The van der Waals surface area contributed by atoms with Crippen LogP contribution in [0.15, 0.2) is 29.2 Å². The van der Waals surface area contributed by atoms with Crippen LogP contribution in [0.1, 0.15) is 37.6 Å². The van der Waals surface area contributed by atoms with Gasteiger partial charge >= 0.3 is 0 Å². The Morgan fingerprint density at radius 2 is 2.06 bits per heavy atom. The summed E-state index contributed by atoms with van der Waals surface area (Å²) in [5.74, 6) is -0.148. The summed E-state index contributed by atoms with van der Waals surface area (Å²) in [5.41, 5.74) is 0.400. The quantitative estimate of drug-likeness (QED) is 0.818. The van der Waals surface area contributed by atoms with Crippen molar-refractivity contribution in [2.24, 2.45) is 0 Å². The van der Waals surface area contributed by atoms with Crippen LogP contribution in [0.2, 0.25) is 0 Å². The number of benzene rings is 1. The highest BCUT2D eigenvalue weighted by molar-refractivity contribution is 7.89. The first-order valence-corrected chi connectivity index (χ1v) is 6.98. The molecule has 1 rings (SSSR count). The average Bonchev–Trinajstić information content (AvgIpc) is 2.28. The average molecular weight is 255 g/mol. The van der Waals surface area contributed by atoms with Gasteiger partial charge < -0.3 is 0 Å². The van der Waals surface area contributed by atoms with E-state index in [4.69, 9.17) is 0 Å². The van der Waals surface area contributed by atoms with Gasteiger partial charge in [-0.1, -0.05) is 19.1 Å². The van der Waals surface area contributed by atoms with E-state index in [1.807, 2.05) is 6.92 Å². The van der Waals surface area contributed by atoms with E-state index in [0.29, 0.717) is 12.0 Å². The summed E-state index contributed by atoms with van der Waals surface area (Å²) in [6.07, 6.45) is 0.714. The SMILES string of the molecule is CCC(C)NS(=O)(=O)c1cccc(C(C)=O)c1. The van der Waals surface area contributed by atoms with Crippen molar-refractivity contribution < 1.29 is 13.2 Å². The molecule has 4 nitrogen and oxygen atoms in total. The van der Waals surface area contributed by atoms with Crippen LogP contribution in [0.4, 0.5) is 0 Å². The Morgan fingerprint density at radius 1 is 1.41 bits per heavy atom. The van der Waals surface area contributed by atoms with Gasteiger partial charge in [0, 0.05) is 11.6 Å². The summed E-state index contributed by atoms with van der Waals surface area (Å²) in [6, 6.07) is 5.93. The van der Waals surface area contributed by atoms with Crippen molar-refractivity contribution in [1.29, 1.82) is 0 Å². The number of rotatable bonds is 5. The van der Waals surface area contributed by atoms with E-state index in [1.165, 1.54) is 19.1 Å². The van der Waals surface area contributed by atoms with Crippen LogP contribution in [-0.4, -0.2) is 20.2 Å². The molecule has 94 valence electrons. The van der Waals surface area contributed by atoms with Crippen molar-refractivity contribution in [3.63, 3.8) is 0 Å². The van der Waals surface area contributed by atoms with Crippen molar-refractivity contribution in [3.8, 4) is 0 Å². The highest BCUT2D eigenvalue weighted by Gasteiger charge is 2.17. The molecule has 1 unspecified atom stereocenters. The summed E-state index contributed by atoms with van der Waals surface area (Å²) >= 11 is 0. The molecule has 0 spiro atoms. The number of carbonyl (C=O) groups excluding carboxylic acids is 1. The molecule has 0 aliphatic heterocycles. The molecule has 1 aromatic rings. The molecule has 1 aromatic carbocycles. The molecule has 0 amide bonds. The van der Waals surface area contributed by atoms with Crippen LogP contribution in [0, 0.1) is 0 Å². The highest BCUT2D eigenvalue weighted by Crippen LogP contribution is 2.12. The molecule has 0 heterocycles. The lowest BCUT2D eigenvalue weighted by molar-refractivity contribution is 0.101. The maximum Gasteiger partial charge on any atom is 0.240 e. The monoisotopic (exact) mass is 255 g/mol. The second kappa shape index (κ2) is 5.42. The van der Waals surface area contributed by atoms with E-state index in [0.717, 1.165) is 0 Å². The maximum atomic E-state index is 12.0. The van der Waals surface area contributed by atoms with Crippen LogP contribution in [0.5, 0.6) is 0 Å². The molecule has 0 bridgehead atoms. The maximum absolute atomic E-state index is 12.0. The molecule has 0 fully saturated rings. The summed E-state index contributed by atoms with van der Waals surface area (Å²) in [5, 5.41) is 0. The fourth-order valence-corrected chi connectivity index (χ4v) is 2.67. The standard InChI is InChI=1S/C12H17NO3S/c1-4-9(2)13-17(15,16)12-7-5-6-11(8-12)10(3)14/h5-9,13H,4H2,1-3H3. The van der Waals surface area contributed by atoms with Crippen LogP contribution < -0.4 is 4.72 Å². The second-order valence-electron chi connectivity index (χ2n) is 4.01. The van der Waals surface area contributed by atoms with Gasteiger partial charge in [0.1, 0.15) is 0 Å².